The Bertz CT molecular complexity index is 897. The second-order valence-corrected chi connectivity index (χ2v) is 6.96. The topological polar surface area (TPSA) is 92.3 Å². The molecule has 2 amide bonds. The molecule has 0 bridgehead atoms. The first kappa shape index (κ1) is 18.5. The number of anilines is 2. The Morgan fingerprint density at radius 1 is 0.960 bits per heavy atom. The van der Waals surface area contributed by atoms with Crippen molar-refractivity contribution in [3.63, 3.8) is 0 Å². The highest BCUT2D eigenvalue weighted by molar-refractivity contribution is 7.91. The fourth-order valence-electron chi connectivity index (χ4n) is 1.98. The molecule has 0 radical (unpaired) electrons. The molecule has 0 atom stereocenters. The molecule has 0 heterocycles. The van der Waals surface area contributed by atoms with E-state index in [2.05, 4.69) is 10.6 Å². The lowest BCUT2D eigenvalue weighted by molar-refractivity contribution is -0.114. The summed E-state index contributed by atoms with van der Waals surface area (Å²) in [6.45, 7) is 1.35. The van der Waals surface area contributed by atoms with E-state index in [1.165, 1.54) is 13.0 Å². The van der Waals surface area contributed by atoms with Crippen LogP contribution in [0, 0.1) is 0 Å². The fraction of sp³-hybridized carbons (Fsp3) is 0.125. The quantitative estimate of drug-likeness (QED) is 0.849. The van der Waals surface area contributed by atoms with Crippen molar-refractivity contribution in [2.75, 3.05) is 10.6 Å². The van der Waals surface area contributed by atoms with Gasteiger partial charge in [-0.15, -0.1) is 0 Å². The van der Waals surface area contributed by atoms with Gasteiger partial charge in [0, 0.05) is 23.9 Å². The number of rotatable bonds is 5. The standard InChI is InChI=1S/C16H14F2N2O4S/c1-10(21)19-12-3-2-4-13(9-12)20-15(22)11-5-7-14(8-6-11)25(23,24)16(17)18/h2-9,16H,1H3,(H,19,21)(H,20,22). The number of amides is 2. The van der Waals surface area contributed by atoms with E-state index >= 15 is 0 Å². The molecule has 0 saturated carbocycles. The van der Waals surface area contributed by atoms with Crippen LogP contribution in [0.15, 0.2) is 53.4 Å². The minimum Gasteiger partial charge on any atom is -0.326 e. The monoisotopic (exact) mass is 368 g/mol. The third-order valence-corrected chi connectivity index (χ3v) is 4.52. The number of alkyl halides is 2. The Morgan fingerprint density at radius 2 is 1.52 bits per heavy atom. The molecule has 0 fully saturated rings. The van der Waals surface area contributed by atoms with Gasteiger partial charge in [0.2, 0.25) is 15.7 Å². The van der Waals surface area contributed by atoms with Crippen molar-refractivity contribution in [3.05, 3.63) is 54.1 Å². The summed E-state index contributed by atoms with van der Waals surface area (Å²) in [5, 5.41) is 5.13. The summed E-state index contributed by atoms with van der Waals surface area (Å²) in [6, 6.07) is 10.6. The van der Waals surface area contributed by atoms with E-state index in [1.54, 1.807) is 18.2 Å². The van der Waals surface area contributed by atoms with E-state index in [9.17, 15) is 26.8 Å². The maximum atomic E-state index is 12.5. The molecule has 0 aliphatic heterocycles. The van der Waals surface area contributed by atoms with Gasteiger partial charge in [-0.05, 0) is 42.5 Å². The van der Waals surface area contributed by atoms with Gasteiger partial charge in [-0.1, -0.05) is 6.07 Å². The van der Waals surface area contributed by atoms with Gasteiger partial charge in [0.25, 0.3) is 5.91 Å². The molecule has 0 aliphatic carbocycles. The molecule has 0 spiro atoms. The molecule has 0 saturated heterocycles. The Morgan fingerprint density at radius 3 is 2.04 bits per heavy atom. The molecule has 6 nitrogen and oxygen atoms in total. The Labute approximate surface area is 142 Å². The zero-order valence-electron chi connectivity index (χ0n) is 13.0. The van der Waals surface area contributed by atoms with Crippen molar-refractivity contribution in [1.29, 1.82) is 0 Å². The fourth-order valence-corrected chi connectivity index (χ4v) is 2.70. The molecule has 2 rings (SSSR count). The zero-order chi connectivity index (χ0) is 18.6. The van der Waals surface area contributed by atoms with Crippen molar-refractivity contribution < 1.29 is 26.8 Å². The summed E-state index contributed by atoms with van der Waals surface area (Å²) in [5.74, 6) is -4.34. The second-order valence-electron chi connectivity index (χ2n) is 5.05. The summed E-state index contributed by atoms with van der Waals surface area (Å²) < 4.78 is 47.6. The molecule has 0 aliphatic rings. The van der Waals surface area contributed by atoms with Crippen molar-refractivity contribution in [2.24, 2.45) is 0 Å². The van der Waals surface area contributed by atoms with Crippen LogP contribution >= 0.6 is 0 Å². The molecule has 0 aromatic heterocycles. The highest BCUT2D eigenvalue weighted by Gasteiger charge is 2.26. The van der Waals surface area contributed by atoms with E-state index in [4.69, 9.17) is 0 Å². The van der Waals surface area contributed by atoms with Gasteiger partial charge >= 0.3 is 5.76 Å². The normalized spacial score (nSPS) is 11.2. The van der Waals surface area contributed by atoms with Crippen LogP contribution in [-0.4, -0.2) is 26.0 Å². The van der Waals surface area contributed by atoms with Crippen molar-refractivity contribution in [1.82, 2.24) is 0 Å². The van der Waals surface area contributed by atoms with Crippen LogP contribution in [0.2, 0.25) is 0 Å². The SMILES string of the molecule is CC(=O)Nc1cccc(NC(=O)c2ccc(S(=O)(=O)C(F)F)cc2)c1. The molecule has 2 aromatic carbocycles. The predicted octanol–water partition coefficient (Wildman–Crippen LogP) is 2.89. The lowest BCUT2D eigenvalue weighted by Crippen LogP contribution is -2.14. The van der Waals surface area contributed by atoms with Crippen LogP contribution in [0.4, 0.5) is 20.2 Å². The van der Waals surface area contributed by atoms with Gasteiger partial charge in [-0.25, -0.2) is 8.42 Å². The highest BCUT2D eigenvalue weighted by atomic mass is 32.2. The average Bonchev–Trinajstić information content (AvgIpc) is 2.54. The van der Waals surface area contributed by atoms with Crippen molar-refractivity contribution >= 4 is 33.0 Å². The first-order valence-electron chi connectivity index (χ1n) is 7.01. The molecular weight excluding hydrogens is 354 g/mol. The van der Waals surface area contributed by atoms with Crippen LogP contribution in [0.3, 0.4) is 0 Å². The molecule has 0 unspecified atom stereocenters. The maximum Gasteiger partial charge on any atom is 0.341 e. The van der Waals surface area contributed by atoms with Gasteiger partial charge in [-0.2, -0.15) is 8.78 Å². The van der Waals surface area contributed by atoms with E-state index in [0.717, 1.165) is 24.3 Å². The number of hydrogen-bond acceptors (Lipinski definition) is 4. The second kappa shape index (κ2) is 7.39. The number of sulfone groups is 1. The number of halogens is 2. The van der Waals surface area contributed by atoms with Gasteiger partial charge in [0.05, 0.1) is 4.90 Å². The van der Waals surface area contributed by atoms with Crippen LogP contribution in [0.1, 0.15) is 17.3 Å². The van der Waals surface area contributed by atoms with Crippen LogP contribution < -0.4 is 10.6 Å². The molecule has 9 heteroatoms. The van der Waals surface area contributed by atoms with Gasteiger partial charge in [-0.3, -0.25) is 9.59 Å². The Balaban J connectivity index is 2.15. The summed E-state index contributed by atoms with van der Waals surface area (Å²) in [6.07, 6.45) is 0. The van der Waals surface area contributed by atoms with Crippen LogP contribution in [-0.2, 0) is 14.6 Å². The van der Waals surface area contributed by atoms with Gasteiger partial charge < -0.3 is 10.6 Å². The number of carbonyl (C=O) groups is 2. The number of hydrogen-bond donors (Lipinski definition) is 2. The minimum atomic E-state index is -4.70. The number of carbonyl (C=O) groups excluding carboxylic acids is 2. The third kappa shape index (κ3) is 4.60. The third-order valence-electron chi connectivity index (χ3n) is 3.12. The average molecular weight is 368 g/mol. The number of benzene rings is 2. The van der Waals surface area contributed by atoms with Gasteiger partial charge in [0.15, 0.2) is 0 Å². The Kier molecular flexibility index (Phi) is 5.48. The van der Waals surface area contributed by atoms with E-state index < -0.39 is 26.4 Å². The molecule has 2 aromatic rings. The van der Waals surface area contributed by atoms with Crippen LogP contribution in [0.25, 0.3) is 0 Å². The minimum absolute atomic E-state index is 0.0955. The van der Waals surface area contributed by atoms with Gasteiger partial charge in [0.1, 0.15) is 0 Å². The lowest BCUT2D eigenvalue weighted by atomic mass is 10.2. The maximum absolute atomic E-state index is 12.5. The number of nitrogens with one attached hydrogen (secondary N) is 2. The van der Waals surface area contributed by atoms with E-state index in [-0.39, 0.29) is 11.5 Å². The summed E-state index contributed by atoms with van der Waals surface area (Å²) in [7, 11) is -4.70. The molecule has 132 valence electrons. The van der Waals surface area contributed by atoms with Crippen molar-refractivity contribution in [3.8, 4) is 0 Å². The van der Waals surface area contributed by atoms with E-state index in [1.807, 2.05) is 0 Å². The first-order valence-corrected chi connectivity index (χ1v) is 8.56. The smallest absolute Gasteiger partial charge is 0.326 e. The van der Waals surface area contributed by atoms with Crippen LogP contribution in [0.5, 0.6) is 0 Å². The van der Waals surface area contributed by atoms with Crippen molar-refractivity contribution in [2.45, 2.75) is 17.6 Å². The Hall–Kier alpha value is -2.81. The summed E-state index contributed by atoms with van der Waals surface area (Å²) in [5.41, 5.74) is 0.988. The highest BCUT2D eigenvalue weighted by Crippen LogP contribution is 2.20. The predicted molar refractivity (Wildman–Crippen MR) is 88.3 cm³/mol. The summed E-state index contributed by atoms with van der Waals surface area (Å²) >= 11 is 0. The molecule has 2 N–H and O–H groups in total. The summed E-state index contributed by atoms with van der Waals surface area (Å²) in [4.78, 5) is 22.6. The lowest BCUT2D eigenvalue weighted by Gasteiger charge is -2.08. The zero-order valence-corrected chi connectivity index (χ0v) is 13.8. The largest absolute Gasteiger partial charge is 0.341 e. The van der Waals surface area contributed by atoms with E-state index in [0.29, 0.717) is 11.4 Å². The molecule has 25 heavy (non-hydrogen) atoms. The first-order chi connectivity index (χ1) is 11.7. The molecular formula is C16H14F2N2O4S.